The molecule has 1 aromatic rings. The lowest BCUT2D eigenvalue weighted by Crippen LogP contribution is -2.96. The molecule has 3 heteroatoms. The second kappa shape index (κ2) is 2.11. The minimum Gasteiger partial charge on any atom is -0.483 e. The van der Waals surface area contributed by atoms with Crippen LogP contribution in [0.15, 0.2) is 24.5 Å². The molecule has 1 aliphatic rings. The molecule has 0 aliphatic carbocycles. The van der Waals surface area contributed by atoms with Crippen LogP contribution in [0, 0.1) is 0 Å². The summed E-state index contributed by atoms with van der Waals surface area (Å²) in [6, 6.07) is 3.93. The number of fused-ring (bicyclic) bond motifs is 1. The molecule has 2 heterocycles. The number of quaternary nitrogens is 1. The van der Waals surface area contributed by atoms with Gasteiger partial charge < -0.3 is 17.1 Å². The number of pyridine rings is 1. The summed E-state index contributed by atoms with van der Waals surface area (Å²) in [5.74, 6) is 0.942. The maximum atomic E-state index is 5.02. The monoisotopic (exact) mass is 150 g/mol. The molecule has 1 aliphatic heterocycles. The van der Waals surface area contributed by atoms with Crippen LogP contribution in [0.4, 0.5) is 5.82 Å². The fraction of sp³-hybridized carbons (Fsp3) is 0. The van der Waals surface area contributed by atoms with E-state index in [0.717, 1.165) is 15.7 Å². The smallest absolute Gasteiger partial charge is 0.220 e. The first-order chi connectivity index (χ1) is 4.88. The van der Waals surface area contributed by atoms with E-state index >= 15 is 0 Å². The summed E-state index contributed by atoms with van der Waals surface area (Å²) < 4.78 is 0.843. The van der Waals surface area contributed by atoms with Crippen LogP contribution < -0.4 is 4.31 Å². The normalized spacial score (nSPS) is 21.1. The highest BCUT2D eigenvalue weighted by atomic mass is 32.1. The Labute approximate surface area is 64.7 Å². The van der Waals surface area contributed by atoms with Crippen molar-refractivity contribution in [1.29, 1.82) is 0 Å². The zero-order chi connectivity index (χ0) is 6.97. The quantitative estimate of drug-likeness (QED) is 0.526. The molecule has 1 N–H and O–H groups in total. The Morgan fingerprint density at radius 3 is 3.20 bits per heavy atom. The van der Waals surface area contributed by atoms with Crippen LogP contribution >= 0.6 is 0 Å². The number of aromatic nitrogens is 1. The first-order valence-corrected chi connectivity index (χ1v) is 3.46. The predicted molar refractivity (Wildman–Crippen MR) is 41.3 cm³/mol. The van der Waals surface area contributed by atoms with E-state index in [-0.39, 0.29) is 0 Å². The van der Waals surface area contributed by atoms with Crippen molar-refractivity contribution < 1.29 is 4.31 Å². The third-order valence-corrected chi connectivity index (χ3v) is 1.82. The van der Waals surface area contributed by atoms with Gasteiger partial charge in [0.05, 0.1) is 11.8 Å². The number of nitrogens with one attached hydrogen (secondary N) is 1. The average Bonchev–Trinajstić information content (AvgIpc) is 2.34. The van der Waals surface area contributed by atoms with Gasteiger partial charge in [0.1, 0.15) is 0 Å². The zero-order valence-corrected chi connectivity index (χ0v) is 6.06. The molecule has 2 rings (SSSR count). The highest BCUT2D eigenvalue weighted by Crippen LogP contribution is 2.11. The molecule has 0 bridgehead atoms. The fourth-order valence-corrected chi connectivity index (χ4v) is 1.24. The second-order valence-electron chi connectivity index (χ2n) is 2.14. The Balaban J connectivity index is 2.59. The molecule has 0 amide bonds. The molecule has 0 spiro atoms. The number of rotatable bonds is 0. The Kier molecular flexibility index (Phi) is 1.25. The summed E-state index contributed by atoms with van der Waals surface area (Å²) in [5, 5.41) is 0. The first kappa shape index (κ1) is 5.95. The van der Waals surface area contributed by atoms with Gasteiger partial charge in [0, 0.05) is 12.3 Å². The van der Waals surface area contributed by atoms with Crippen molar-refractivity contribution in [2.75, 3.05) is 0 Å². The van der Waals surface area contributed by atoms with Gasteiger partial charge in [0.25, 0.3) is 0 Å². The van der Waals surface area contributed by atoms with Gasteiger partial charge in [0.2, 0.25) is 5.82 Å². The van der Waals surface area contributed by atoms with E-state index < -0.39 is 0 Å². The molecule has 2 nitrogen and oxygen atoms in total. The zero-order valence-electron chi connectivity index (χ0n) is 5.24. The molecule has 0 fully saturated rings. The molecule has 10 heavy (non-hydrogen) atoms. The van der Waals surface area contributed by atoms with E-state index in [1.165, 1.54) is 0 Å². The molecule has 0 saturated heterocycles. The summed E-state index contributed by atoms with van der Waals surface area (Å²) in [6.07, 6.45) is 5.66. The fourth-order valence-electron chi connectivity index (χ4n) is 1.00. The molecule has 1 aromatic heterocycles. The van der Waals surface area contributed by atoms with E-state index in [1.807, 2.05) is 24.4 Å². The van der Waals surface area contributed by atoms with Crippen molar-refractivity contribution in [3.63, 3.8) is 0 Å². The number of hydrogen-bond donors (Lipinski definition) is 1. The van der Waals surface area contributed by atoms with Crippen LogP contribution in [0.25, 0.3) is 6.08 Å². The van der Waals surface area contributed by atoms with Crippen molar-refractivity contribution in [3.8, 4) is 0 Å². The van der Waals surface area contributed by atoms with Gasteiger partial charge in [-0.25, -0.2) is 4.98 Å². The summed E-state index contributed by atoms with van der Waals surface area (Å²) in [4.78, 5) is 4.14. The SMILES string of the molecule is [S-][NH+]1C=Cc2cccnc21. The van der Waals surface area contributed by atoms with Crippen LogP contribution in [-0.2, 0) is 12.8 Å². The van der Waals surface area contributed by atoms with E-state index in [0.29, 0.717) is 0 Å². The maximum absolute atomic E-state index is 5.02. The lowest BCUT2D eigenvalue weighted by Gasteiger charge is -2.11. The topological polar surface area (TPSA) is 17.3 Å². The van der Waals surface area contributed by atoms with E-state index in [9.17, 15) is 0 Å². The molecule has 50 valence electrons. The van der Waals surface area contributed by atoms with Gasteiger partial charge >= 0.3 is 0 Å². The standard InChI is InChI=1S/C7H6N2S/c10-9-5-3-6-2-1-4-8-7(6)9/h1-5,9H. The van der Waals surface area contributed by atoms with Crippen LogP contribution in [0.3, 0.4) is 0 Å². The van der Waals surface area contributed by atoms with E-state index in [2.05, 4.69) is 4.98 Å². The predicted octanol–water partition coefficient (Wildman–Crippen LogP) is 0.0442. The first-order valence-electron chi connectivity index (χ1n) is 3.05. The lowest BCUT2D eigenvalue weighted by molar-refractivity contribution is -0.606. The molecule has 1 atom stereocenters. The molecule has 0 radical (unpaired) electrons. The summed E-state index contributed by atoms with van der Waals surface area (Å²) in [5.41, 5.74) is 1.13. The van der Waals surface area contributed by atoms with E-state index in [4.69, 9.17) is 12.8 Å². The average molecular weight is 150 g/mol. The van der Waals surface area contributed by atoms with Crippen molar-refractivity contribution in [2.24, 2.45) is 0 Å². The maximum Gasteiger partial charge on any atom is 0.220 e. The molecule has 0 saturated carbocycles. The summed E-state index contributed by atoms with van der Waals surface area (Å²) in [7, 11) is 0. The third-order valence-electron chi connectivity index (χ3n) is 1.49. The molecular formula is C7H6N2S. The van der Waals surface area contributed by atoms with E-state index in [1.54, 1.807) is 6.20 Å². The summed E-state index contributed by atoms with van der Waals surface area (Å²) in [6.45, 7) is 0. The van der Waals surface area contributed by atoms with Gasteiger partial charge in [-0.2, -0.15) is 0 Å². The van der Waals surface area contributed by atoms with Gasteiger partial charge in [-0.3, -0.25) is 0 Å². The number of hydrogen-bond acceptors (Lipinski definition) is 2. The Hall–Kier alpha value is -0.800. The van der Waals surface area contributed by atoms with Gasteiger partial charge in [0.15, 0.2) is 0 Å². The van der Waals surface area contributed by atoms with Crippen molar-refractivity contribution in [1.82, 2.24) is 4.98 Å². The highest BCUT2D eigenvalue weighted by molar-refractivity contribution is 7.51. The third kappa shape index (κ3) is 0.751. The van der Waals surface area contributed by atoms with Crippen LogP contribution in [0.2, 0.25) is 0 Å². The van der Waals surface area contributed by atoms with Gasteiger partial charge in [-0.05, 0) is 12.1 Å². The highest BCUT2D eigenvalue weighted by Gasteiger charge is 2.10. The van der Waals surface area contributed by atoms with Crippen LogP contribution in [0.5, 0.6) is 0 Å². The minimum atomic E-state index is 0.843. The summed E-state index contributed by atoms with van der Waals surface area (Å²) >= 11 is 5.02. The van der Waals surface area contributed by atoms with Crippen molar-refractivity contribution in [3.05, 3.63) is 30.1 Å². The molecular weight excluding hydrogens is 144 g/mol. The van der Waals surface area contributed by atoms with Gasteiger partial charge in [-0.1, -0.05) is 0 Å². The Morgan fingerprint density at radius 1 is 1.50 bits per heavy atom. The van der Waals surface area contributed by atoms with Crippen molar-refractivity contribution in [2.45, 2.75) is 0 Å². The number of nitrogens with zero attached hydrogens (tertiary/aromatic N) is 1. The minimum absolute atomic E-state index is 0.843. The van der Waals surface area contributed by atoms with Crippen LogP contribution in [0.1, 0.15) is 5.56 Å². The van der Waals surface area contributed by atoms with Crippen molar-refractivity contribution >= 4 is 24.7 Å². The van der Waals surface area contributed by atoms with Gasteiger partial charge in [-0.15, -0.1) is 0 Å². The molecule has 0 aromatic carbocycles. The Morgan fingerprint density at radius 2 is 2.40 bits per heavy atom. The Bertz CT molecular complexity index is 283. The second-order valence-corrected chi connectivity index (χ2v) is 2.58. The largest absolute Gasteiger partial charge is 0.483 e. The lowest BCUT2D eigenvalue weighted by atomic mass is 10.3. The molecule has 1 unspecified atom stereocenters. The van der Waals surface area contributed by atoms with Crippen LogP contribution in [-0.4, -0.2) is 4.98 Å².